The molecule has 0 radical (unpaired) electrons. The quantitative estimate of drug-likeness (QED) is 0.790. The van der Waals surface area contributed by atoms with Crippen molar-refractivity contribution in [2.45, 2.75) is 43.5 Å². The molecule has 1 aromatic carbocycles. The Morgan fingerprint density at radius 2 is 1.80 bits per heavy atom. The fourth-order valence-corrected chi connectivity index (χ4v) is 3.31. The van der Waals surface area contributed by atoms with Crippen molar-refractivity contribution in [3.8, 4) is 0 Å². The molecule has 0 aromatic heterocycles. The molecule has 0 bridgehead atoms. The summed E-state index contributed by atoms with van der Waals surface area (Å²) in [4.78, 5) is 11.0. The van der Waals surface area contributed by atoms with Gasteiger partial charge in [-0.25, -0.2) is 13.1 Å². The fraction of sp³-hybridized carbons (Fsp3) is 0.462. The van der Waals surface area contributed by atoms with E-state index in [2.05, 4.69) is 10.0 Å². The number of carbonyl (C=O) groups excluding carboxylic acids is 1. The lowest BCUT2D eigenvalue weighted by molar-refractivity contribution is -0.114. The summed E-state index contributed by atoms with van der Waals surface area (Å²) >= 11 is 5.84. The van der Waals surface area contributed by atoms with Crippen LogP contribution >= 0.6 is 11.6 Å². The highest BCUT2D eigenvalue weighted by Gasteiger charge is 2.18. The molecule has 0 saturated heterocycles. The average molecular weight is 319 g/mol. The number of anilines is 1. The van der Waals surface area contributed by atoms with E-state index < -0.39 is 10.0 Å². The highest BCUT2D eigenvalue weighted by Crippen LogP contribution is 2.15. The van der Waals surface area contributed by atoms with E-state index in [1.165, 1.54) is 19.1 Å². The van der Waals surface area contributed by atoms with Gasteiger partial charge in [0, 0.05) is 24.0 Å². The lowest BCUT2D eigenvalue weighted by atomic mass is 10.2. The maximum absolute atomic E-state index is 12.1. The van der Waals surface area contributed by atoms with Crippen LogP contribution in [0.5, 0.6) is 0 Å². The summed E-state index contributed by atoms with van der Waals surface area (Å²) in [5.41, 5.74) is 0.555. The molecular weight excluding hydrogens is 300 g/mol. The lowest BCUT2D eigenvalue weighted by Crippen LogP contribution is -2.33. The minimum absolute atomic E-state index is 0.102. The topological polar surface area (TPSA) is 75.3 Å². The molecule has 0 fully saturated rings. The number of rotatable bonds is 6. The molecule has 0 spiro atoms. The predicted molar refractivity (Wildman–Crippen MR) is 80.5 cm³/mol. The van der Waals surface area contributed by atoms with Crippen LogP contribution in [-0.4, -0.2) is 25.7 Å². The van der Waals surface area contributed by atoms with Gasteiger partial charge in [0.2, 0.25) is 15.9 Å². The molecule has 0 saturated carbocycles. The zero-order valence-corrected chi connectivity index (χ0v) is 13.3. The normalized spacial score (nSPS) is 14.6. The first-order valence-electron chi connectivity index (χ1n) is 6.25. The molecule has 0 aliphatic rings. The van der Waals surface area contributed by atoms with Crippen LogP contribution in [0.3, 0.4) is 0 Å². The van der Waals surface area contributed by atoms with E-state index in [0.29, 0.717) is 12.1 Å². The first-order valence-corrected chi connectivity index (χ1v) is 8.16. The molecule has 2 unspecified atom stereocenters. The Morgan fingerprint density at radius 1 is 1.25 bits per heavy atom. The lowest BCUT2D eigenvalue weighted by Gasteiger charge is -2.15. The zero-order valence-electron chi connectivity index (χ0n) is 11.7. The summed E-state index contributed by atoms with van der Waals surface area (Å²) < 4.78 is 26.8. The van der Waals surface area contributed by atoms with Gasteiger partial charge in [0.15, 0.2) is 0 Å². The Morgan fingerprint density at radius 3 is 2.25 bits per heavy atom. The number of sulfonamides is 1. The van der Waals surface area contributed by atoms with Crippen LogP contribution in [-0.2, 0) is 14.8 Å². The van der Waals surface area contributed by atoms with E-state index >= 15 is 0 Å². The third-order valence-corrected chi connectivity index (χ3v) is 4.30. The third-order valence-electron chi connectivity index (χ3n) is 2.52. The van der Waals surface area contributed by atoms with Crippen molar-refractivity contribution in [2.75, 3.05) is 5.32 Å². The van der Waals surface area contributed by atoms with E-state index in [1.54, 1.807) is 19.1 Å². The predicted octanol–water partition coefficient (Wildman–Crippen LogP) is 2.33. The van der Waals surface area contributed by atoms with Gasteiger partial charge in [-0.15, -0.1) is 11.6 Å². The van der Waals surface area contributed by atoms with E-state index in [1.807, 2.05) is 6.92 Å². The number of benzene rings is 1. The van der Waals surface area contributed by atoms with Crippen LogP contribution in [0.1, 0.15) is 27.2 Å². The number of amides is 1. The number of alkyl halides is 1. The number of halogens is 1. The second-order valence-corrected chi connectivity index (χ2v) is 7.20. The summed E-state index contributed by atoms with van der Waals surface area (Å²) in [5, 5.41) is 2.48. The summed E-state index contributed by atoms with van der Waals surface area (Å²) in [6.07, 6.45) is 0.546. The molecule has 1 amide bonds. The summed E-state index contributed by atoms with van der Waals surface area (Å²) in [6, 6.07) is 5.74. The van der Waals surface area contributed by atoms with Crippen LogP contribution in [0.25, 0.3) is 0 Å². The fourth-order valence-electron chi connectivity index (χ4n) is 1.79. The molecule has 20 heavy (non-hydrogen) atoms. The molecule has 5 nitrogen and oxygen atoms in total. The molecule has 0 aliphatic heterocycles. The Hall–Kier alpha value is -1.11. The molecular formula is C13H19ClN2O3S. The van der Waals surface area contributed by atoms with Crippen LogP contribution in [0.4, 0.5) is 5.69 Å². The van der Waals surface area contributed by atoms with Gasteiger partial charge in [0.25, 0.3) is 0 Å². The van der Waals surface area contributed by atoms with Gasteiger partial charge in [-0.2, -0.15) is 0 Å². The van der Waals surface area contributed by atoms with Crippen molar-refractivity contribution in [3.63, 3.8) is 0 Å². The molecule has 0 heterocycles. The molecule has 1 aromatic rings. The number of hydrogen-bond acceptors (Lipinski definition) is 3. The second-order valence-electron chi connectivity index (χ2n) is 4.74. The summed E-state index contributed by atoms with van der Waals surface area (Å²) in [7, 11) is -3.57. The van der Waals surface area contributed by atoms with Crippen molar-refractivity contribution in [1.29, 1.82) is 0 Å². The Labute approximate surface area is 124 Å². The zero-order chi connectivity index (χ0) is 15.3. The first-order chi connectivity index (χ1) is 9.20. The maximum Gasteiger partial charge on any atom is 0.240 e. The van der Waals surface area contributed by atoms with Gasteiger partial charge in [0.05, 0.1) is 4.90 Å². The van der Waals surface area contributed by atoms with Crippen molar-refractivity contribution in [1.82, 2.24) is 4.72 Å². The van der Waals surface area contributed by atoms with Crippen molar-refractivity contribution >= 4 is 33.2 Å². The minimum atomic E-state index is -3.57. The highest BCUT2D eigenvalue weighted by atomic mass is 35.5. The van der Waals surface area contributed by atoms with Crippen molar-refractivity contribution in [2.24, 2.45) is 0 Å². The van der Waals surface area contributed by atoms with Gasteiger partial charge in [0.1, 0.15) is 0 Å². The van der Waals surface area contributed by atoms with Crippen molar-refractivity contribution < 1.29 is 13.2 Å². The molecule has 1 rings (SSSR count). The molecule has 2 atom stereocenters. The average Bonchev–Trinajstić information content (AvgIpc) is 2.26. The summed E-state index contributed by atoms with van der Waals surface area (Å²) in [5.74, 6) is -0.205. The third kappa shape index (κ3) is 5.48. The number of hydrogen-bond donors (Lipinski definition) is 2. The van der Waals surface area contributed by atoms with E-state index in [9.17, 15) is 13.2 Å². The molecule has 2 N–H and O–H groups in total. The molecule has 112 valence electrons. The van der Waals surface area contributed by atoms with Gasteiger partial charge in [-0.1, -0.05) is 0 Å². The number of nitrogens with one attached hydrogen (secondary N) is 2. The number of carbonyl (C=O) groups is 1. The van der Waals surface area contributed by atoms with E-state index in [0.717, 1.165) is 0 Å². The van der Waals surface area contributed by atoms with Gasteiger partial charge >= 0.3 is 0 Å². The Kier molecular flexibility index (Phi) is 5.98. The minimum Gasteiger partial charge on any atom is -0.326 e. The monoisotopic (exact) mass is 318 g/mol. The maximum atomic E-state index is 12.1. The standard InChI is InChI=1S/C13H19ClN2O3S/c1-9(14)8-10(2)16-20(18,19)13-6-4-12(5-7-13)15-11(3)17/h4-7,9-10,16H,8H2,1-3H3,(H,15,17). The van der Waals surface area contributed by atoms with E-state index in [4.69, 9.17) is 11.6 Å². The highest BCUT2D eigenvalue weighted by molar-refractivity contribution is 7.89. The van der Waals surface area contributed by atoms with Gasteiger partial charge < -0.3 is 5.32 Å². The first kappa shape index (κ1) is 16.9. The van der Waals surface area contributed by atoms with Gasteiger partial charge in [-0.05, 0) is 44.5 Å². The Bertz CT molecular complexity index is 555. The second kappa shape index (κ2) is 7.06. The van der Waals surface area contributed by atoms with E-state index in [-0.39, 0.29) is 22.2 Å². The van der Waals surface area contributed by atoms with Crippen LogP contribution in [0, 0.1) is 0 Å². The SMILES string of the molecule is CC(=O)Nc1ccc(S(=O)(=O)NC(C)CC(C)Cl)cc1. The largest absolute Gasteiger partial charge is 0.326 e. The molecule has 0 aliphatic carbocycles. The van der Waals surface area contributed by atoms with Crippen LogP contribution in [0.2, 0.25) is 0 Å². The van der Waals surface area contributed by atoms with Gasteiger partial charge in [-0.3, -0.25) is 4.79 Å². The smallest absolute Gasteiger partial charge is 0.240 e. The summed E-state index contributed by atoms with van der Waals surface area (Å²) in [6.45, 7) is 4.97. The van der Waals surface area contributed by atoms with Crippen molar-refractivity contribution in [3.05, 3.63) is 24.3 Å². The van der Waals surface area contributed by atoms with Crippen LogP contribution < -0.4 is 10.0 Å². The molecule has 7 heteroatoms. The Balaban J connectivity index is 2.80. The van der Waals surface area contributed by atoms with Crippen LogP contribution in [0.15, 0.2) is 29.2 Å².